The summed E-state index contributed by atoms with van der Waals surface area (Å²) in [5.74, 6) is -0.839. The number of hydrogen-bond acceptors (Lipinski definition) is 3. The molecule has 96 valence electrons. The molecule has 2 aromatic carbocycles. The van der Waals surface area contributed by atoms with Crippen molar-refractivity contribution < 1.29 is 9.50 Å². The van der Waals surface area contributed by atoms with Crippen LogP contribution in [0.25, 0.3) is 22.2 Å². The van der Waals surface area contributed by atoms with Crippen molar-refractivity contribution in [1.82, 2.24) is 4.98 Å². The van der Waals surface area contributed by atoms with Crippen LogP contribution < -0.4 is 0 Å². The van der Waals surface area contributed by atoms with Crippen LogP contribution in [0.4, 0.5) is 4.39 Å². The quantitative estimate of drug-likeness (QED) is 0.730. The molecule has 0 bridgehead atoms. The Hall–Kier alpha value is -2.93. The Bertz CT molecular complexity index is 832. The molecule has 0 aliphatic carbocycles. The highest BCUT2D eigenvalue weighted by atomic mass is 19.1. The Kier molecular flexibility index (Phi) is 2.81. The van der Waals surface area contributed by atoms with Crippen LogP contribution in [-0.4, -0.2) is 10.1 Å². The van der Waals surface area contributed by atoms with Crippen molar-refractivity contribution in [2.24, 2.45) is 0 Å². The first kappa shape index (κ1) is 12.1. The van der Waals surface area contributed by atoms with Crippen molar-refractivity contribution >= 4 is 10.9 Å². The van der Waals surface area contributed by atoms with Gasteiger partial charge >= 0.3 is 0 Å². The molecule has 0 unspecified atom stereocenters. The van der Waals surface area contributed by atoms with Gasteiger partial charge in [0, 0.05) is 5.39 Å². The predicted molar refractivity (Wildman–Crippen MR) is 73.5 cm³/mol. The third kappa shape index (κ3) is 1.86. The molecule has 0 spiro atoms. The van der Waals surface area contributed by atoms with Crippen molar-refractivity contribution in [3.05, 3.63) is 59.9 Å². The van der Waals surface area contributed by atoms with Gasteiger partial charge < -0.3 is 5.11 Å². The van der Waals surface area contributed by atoms with Crippen molar-refractivity contribution in [2.45, 2.75) is 0 Å². The van der Waals surface area contributed by atoms with Gasteiger partial charge in [0.05, 0.1) is 22.3 Å². The number of phenols is 1. The number of pyridine rings is 1. The summed E-state index contributed by atoms with van der Waals surface area (Å²) in [5, 5.41) is 19.9. The summed E-state index contributed by atoms with van der Waals surface area (Å²) in [4.78, 5) is 4.32. The molecule has 0 radical (unpaired) electrons. The maximum Gasteiger partial charge on any atom is 0.136 e. The highest BCUT2D eigenvalue weighted by Gasteiger charge is 2.16. The zero-order valence-corrected chi connectivity index (χ0v) is 10.3. The summed E-state index contributed by atoms with van der Waals surface area (Å²) in [7, 11) is 0. The number of halogens is 1. The van der Waals surface area contributed by atoms with Crippen LogP contribution in [0, 0.1) is 17.1 Å². The van der Waals surface area contributed by atoms with Gasteiger partial charge in [-0.3, -0.25) is 0 Å². The van der Waals surface area contributed by atoms with Crippen LogP contribution in [0.3, 0.4) is 0 Å². The zero-order valence-electron chi connectivity index (χ0n) is 10.3. The van der Waals surface area contributed by atoms with Crippen LogP contribution in [-0.2, 0) is 0 Å². The van der Waals surface area contributed by atoms with Gasteiger partial charge in [-0.1, -0.05) is 24.3 Å². The number of fused-ring (bicyclic) bond motifs is 1. The molecule has 0 saturated carbocycles. The van der Waals surface area contributed by atoms with Crippen LogP contribution in [0.2, 0.25) is 0 Å². The molecular weight excluding hydrogens is 255 g/mol. The Morgan fingerprint density at radius 1 is 1.10 bits per heavy atom. The van der Waals surface area contributed by atoms with E-state index in [4.69, 9.17) is 0 Å². The van der Waals surface area contributed by atoms with Crippen molar-refractivity contribution in [2.75, 3.05) is 0 Å². The van der Waals surface area contributed by atoms with E-state index in [1.54, 1.807) is 12.1 Å². The molecule has 3 nitrogen and oxygen atoms in total. The molecule has 1 heterocycles. The Labute approximate surface area is 114 Å². The second-order valence-electron chi connectivity index (χ2n) is 4.32. The highest BCUT2D eigenvalue weighted by molar-refractivity contribution is 5.85. The number of para-hydroxylation sites is 1. The molecule has 1 N–H and O–H groups in total. The summed E-state index contributed by atoms with van der Waals surface area (Å²) >= 11 is 0. The van der Waals surface area contributed by atoms with Crippen LogP contribution in [0.15, 0.2) is 48.5 Å². The molecule has 0 aliphatic heterocycles. The van der Waals surface area contributed by atoms with Gasteiger partial charge in [-0.2, -0.15) is 5.26 Å². The lowest BCUT2D eigenvalue weighted by Gasteiger charge is -2.08. The normalized spacial score (nSPS) is 10.4. The minimum absolute atomic E-state index is 0.0465. The molecule has 20 heavy (non-hydrogen) atoms. The highest BCUT2D eigenvalue weighted by Crippen LogP contribution is 2.33. The van der Waals surface area contributed by atoms with E-state index in [1.165, 1.54) is 18.2 Å². The minimum Gasteiger partial charge on any atom is -0.507 e. The maximum atomic E-state index is 13.9. The first-order chi connectivity index (χ1) is 9.70. The fourth-order valence-corrected chi connectivity index (χ4v) is 2.14. The minimum atomic E-state index is -0.607. The SMILES string of the molecule is N#Cc1cc2ccccc2nc1-c1c(O)cccc1F. The molecule has 0 amide bonds. The topological polar surface area (TPSA) is 56.9 Å². The lowest BCUT2D eigenvalue weighted by molar-refractivity contribution is 0.471. The number of aromatic nitrogens is 1. The molecule has 0 atom stereocenters. The standard InChI is InChI=1S/C16H9FN2O/c17-12-5-3-7-14(20)15(12)16-11(9-18)8-10-4-1-2-6-13(10)19-16/h1-8,20H. The zero-order chi connectivity index (χ0) is 14.1. The van der Waals surface area contributed by atoms with Crippen LogP contribution >= 0.6 is 0 Å². The third-order valence-corrected chi connectivity index (χ3v) is 3.07. The Morgan fingerprint density at radius 2 is 1.90 bits per heavy atom. The van der Waals surface area contributed by atoms with E-state index < -0.39 is 5.82 Å². The van der Waals surface area contributed by atoms with Gasteiger partial charge in [0.15, 0.2) is 0 Å². The molecule has 4 heteroatoms. The van der Waals surface area contributed by atoms with Gasteiger partial charge in [-0.25, -0.2) is 9.37 Å². The largest absolute Gasteiger partial charge is 0.507 e. The number of nitriles is 1. The van der Waals surface area contributed by atoms with Gasteiger partial charge in [-0.05, 0) is 24.3 Å². The van der Waals surface area contributed by atoms with E-state index in [9.17, 15) is 14.8 Å². The fourth-order valence-electron chi connectivity index (χ4n) is 2.14. The van der Waals surface area contributed by atoms with Gasteiger partial charge in [0.25, 0.3) is 0 Å². The monoisotopic (exact) mass is 264 g/mol. The second kappa shape index (κ2) is 4.63. The summed E-state index contributed by atoms with van der Waals surface area (Å²) in [6, 6.07) is 14.9. The number of hydrogen-bond donors (Lipinski definition) is 1. The number of aromatic hydroxyl groups is 1. The molecular formula is C16H9FN2O. The van der Waals surface area contributed by atoms with E-state index in [2.05, 4.69) is 4.98 Å². The predicted octanol–water partition coefficient (Wildman–Crippen LogP) is 3.62. The van der Waals surface area contributed by atoms with Crippen LogP contribution in [0.1, 0.15) is 5.56 Å². The Balaban J connectivity index is 2.39. The molecule has 0 saturated heterocycles. The first-order valence-corrected chi connectivity index (χ1v) is 5.98. The second-order valence-corrected chi connectivity index (χ2v) is 4.32. The van der Waals surface area contributed by atoms with E-state index >= 15 is 0 Å². The smallest absolute Gasteiger partial charge is 0.136 e. The summed E-state index contributed by atoms with van der Waals surface area (Å²) in [6.45, 7) is 0. The first-order valence-electron chi connectivity index (χ1n) is 5.98. The average Bonchev–Trinajstić information content (AvgIpc) is 2.46. The van der Waals surface area contributed by atoms with E-state index in [0.717, 1.165) is 5.39 Å². The number of phenolic OH excluding ortho intramolecular Hbond substituents is 1. The lowest BCUT2D eigenvalue weighted by atomic mass is 10.0. The summed E-state index contributed by atoms with van der Waals surface area (Å²) < 4.78 is 13.9. The van der Waals surface area contributed by atoms with Crippen LogP contribution in [0.5, 0.6) is 5.75 Å². The van der Waals surface area contributed by atoms with Crippen molar-refractivity contribution in [1.29, 1.82) is 5.26 Å². The molecule has 1 aromatic heterocycles. The average molecular weight is 264 g/mol. The third-order valence-electron chi connectivity index (χ3n) is 3.07. The maximum absolute atomic E-state index is 13.9. The number of rotatable bonds is 1. The van der Waals surface area contributed by atoms with E-state index in [1.807, 2.05) is 24.3 Å². The fraction of sp³-hybridized carbons (Fsp3) is 0. The number of nitrogens with zero attached hydrogens (tertiary/aromatic N) is 2. The van der Waals surface area contributed by atoms with Gasteiger partial charge in [0.1, 0.15) is 17.6 Å². The van der Waals surface area contributed by atoms with Gasteiger partial charge in [0.2, 0.25) is 0 Å². The summed E-state index contributed by atoms with van der Waals surface area (Å²) in [5.41, 5.74) is 0.977. The van der Waals surface area contributed by atoms with E-state index in [-0.39, 0.29) is 22.6 Å². The van der Waals surface area contributed by atoms with Crippen molar-refractivity contribution in [3.8, 4) is 23.1 Å². The summed E-state index contributed by atoms with van der Waals surface area (Å²) in [6.07, 6.45) is 0. The van der Waals surface area contributed by atoms with E-state index in [0.29, 0.717) is 5.52 Å². The molecule has 0 aliphatic rings. The molecule has 3 rings (SSSR count). The molecule has 0 fully saturated rings. The number of benzene rings is 2. The van der Waals surface area contributed by atoms with Crippen molar-refractivity contribution in [3.63, 3.8) is 0 Å². The van der Waals surface area contributed by atoms with Gasteiger partial charge in [-0.15, -0.1) is 0 Å². The Morgan fingerprint density at radius 3 is 2.65 bits per heavy atom. The molecule has 3 aromatic rings. The lowest BCUT2D eigenvalue weighted by Crippen LogP contribution is -1.94.